The summed E-state index contributed by atoms with van der Waals surface area (Å²) in [7, 11) is 5.67. The maximum atomic E-state index is 5.91. The molecule has 0 unspecified atom stereocenters. The van der Waals surface area contributed by atoms with E-state index in [0.717, 1.165) is 6.54 Å². The zero-order valence-corrected chi connectivity index (χ0v) is 12.0. The normalized spacial score (nSPS) is 10.4. The van der Waals surface area contributed by atoms with Crippen LogP contribution in [-0.2, 0) is 6.54 Å². The topological polar surface area (TPSA) is 45.2 Å². The van der Waals surface area contributed by atoms with Crippen LogP contribution < -0.4 is 9.80 Å². The van der Waals surface area contributed by atoms with Crippen molar-refractivity contribution in [3.8, 4) is 0 Å². The first-order valence-corrected chi connectivity index (χ1v) is 6.69. The molecule has 0 N–H and O–H groups in total. The molecule has 96 valence electrons. The van der Waals surface area contributed by atoms with Crippen molar-refractivity contribution in [2.75, 3.05) is 30.9 Å². The number of hydrogen-bond donors (Lipinski definition) is 0. The van der Waals surface area contributed by atoms with E-state index < -0.39 is 0 Å². The largest absolute Gasteiger partial charge is 0.347 e. The van der Waals surface area contributed by atoms with Crippen molar-refractivity contribution in [1.82, 2.24) is 15.0 Å². The van der Waals surface area contributed by atoms with Crippen LogP contribution in [0.25, 0.3) is 0 Å². The SMILES string of the molecule is CN(C)c1nc(Cl)nc(N(C)Cc2ccsc2)n1. The molecule has 0 saturated heterocycles. The second-order valence-electron chi connectivity index (χ2n) is 4.09. The molecule has 2 heterocycles. The van der Waals surface area contributed by atoms with Crippen LogP contribution in [0.3, 0.4) is 0 Å². The summed E-state index contributed by atoms with van der Waals surface area (Å²) in [6, 6.07) is 2.08. The molecule has 0 aliphatic carbocycles. The minimum absolute atomic E-state index is 0.209. The molecule has 18 heavy (non-hydrogen) atoms. The van der Waals surface area contributed by atoms with E-state index in [1.54, 1.807) is 16.2 Å². The number of hydrogen-bond acceptors (Lipinski definition) is 6. The van der Waals surface area contributed by atoms with E-state index in [-0.39, 0.29) is 5.28 Å². The molecule has 0 atom stereocenters. The van der Waals surface area contributed by atoms with Gasteiger partial charge in [0.2, 0.25) is 17.2 Å². The summed E-state index contributed by atoms with van der Waals surface area (Å²) in [5, 5.41) is 4.36. The molecule has 5 nitrogen and oxygen atoms in total. The molecular formula is C11H14ClN5S. The Morgan fingerprint density at radius 1 is 1.17 bits per heavy atom. The lowest BCUT2D eigenvalue weighted by atomic mass is 10.3. The van der Waals surface area contributed by atoms with Gasteiger partial charge in [0.25, 0.3) is 0 Å². The quantitative estimate of drug-likeness (QED) is 0.861. The first-order valence-electron chi connectivity index (χ1n) is 5.37. The fraction of sp³-hybridized carbons (Fsp3) is 0.364. The van der Waals surface area contributed by atoms with Gasteiger partial charge in [-0.3, -0.25) is 0 Å². The summed E-state index contributed by atoms with van der Waals surface area (Å²) in [6.45, 7) is 0.747. The third-order valence-electron chi connectivity index (χ3n) is 2.33. The van der Waals surface area contributed by atoms with Gasteiger partial charge in [-0.2, -0.15) is 26.3 Å². The molecule has 2 aromatic rings. The van der Waals surface area contributed by atoms with Crippen molar-refractivity contribution in [1.29, 1.82) is 0 Å². The smallest absolute Gasteiger partial charge is 0.231 e. The van der Waals surface area contributed by atoms with Gasteiger partial charge in [0.1, 0.15) is 0 Å². The highest BCUT2D eigenvalue weighted by Crippen LogP contribution is 2.17. The standard InChI is InChI=1S/C11H14ClN5S/c1-16(2)10-13-9(12)14-11(15-10)17(3)6-8-4-5-18-7-8/h4-5,7H,6H2,1-3H3. The lowest BCUT2D eigenvalue weighted by Crippen LogP contribution is -2.21. The molecular weight excluding hydrogens is 270 g/mol. The van der Waals surface area contributed by atoms with Crippen LogP contribution in [0.15, 0.2) is 16.8 Å². The van der Waals surface area contributed by atoms with Gasteiger partial charge in [0.05, 0.1) is 0 Å². The molecule has 2 aromatic heterocycles. The highest BCUT2D eigenvalue weighted by Gasteiger charge is 2.11. The molecule has 7 heteroatoms. The molecule has 0 saturated carbocycles. The van der Waals surface area contributed by atoms with Crippen LogP contribution in [0, 0.1) is 0 Å². The summed E-state index contributed by atoms with van der Waals surface area (Å²) in [6.07, 6.45) is 0. The molecule has 0 radical (unpaired) electrons. The first kappa shape index (κ1) is 13.0. The number of rotatable bonds is 4. The lowest BCUT2D eigenvalue weighted by molar-refractivity contribution is 0.844. The number of anilines is 2. The van der Waals surface area contributed by atoms with E-state index in [2.05, 4.69) is 31.8 Å². The minimum atomic E-state index is 0.209. The van der Waals surface area contributed by atoms with E-state index in [0.29, 0.717) is 11.9 Å². The van der Waals surface area contributed by atoms with Gasteiger partial charge >= 0.3 is 0 Å². The average Bonchev–Trinajstić information content (AvgIpc) is 2.80. The highest BCUT2D eigenvalue weighted by atomic mass is 35.5. The fourth-order valence-corrected chi connectivity index (χ4v) is 2.24. The zero-order valence-electron chi connectivity index (χ0n) is 10.5. The third kappa shape index (κ3) is 3.08. The third-order valence-corrected chi connectivity index (χ3v) is 3.23. The van der Waals surface area contributed by atoms with Crippen LogP contribution in [0.1, 0.15) is 5.56 Å². The van der Waals surface area contributed by atoms with Crippen LogP contribution in [0.2, 0.25) is 5.28 Å². The Bertz CT molecular complexity index is 514. The Hall–Kier alpha value is -1.40. The van der Waals surface area contributed by atoms with Crippen molar-refractivity contribution >= 4 is 34.8 Å². The van der Waals surface area contributed by atoms with Crippen molar-refractivity contribution in [3.05, 3.63) is 27.7 Å². The predicted octanol–water partition coefficient (Wildman–Crippen LogP) is 2.29. The second-order valence-corrected chi connectivity index (χ2v) is 5.20. The molecule has 0 amide bonds. The van der Waals surface area contributed by atoms with Gasteiger partial charge < -0.3 is 9.80 Å². The molecule has 2 rings (SSSR count). The molecule has 0 aliphatic heterocycles. The van der Waals surface area contributed by atoms with E-state index in [9.17, 15) is 0 Å². The Kier molecular flexibility index (Phi) is 3.98. The van der Waals surface area contributed by atoms with E-state index in [4.69, 9.17) is 11.6 Å². The van der Waals surface area contributed by atoms with Crippen LogP contribution in [0.5, 0.6) is 0 Å². The Balaban J connectivity index is 2.21. The summed E-state index contributed by atoms with van der Waals surface area (Å²) in [5.41, 5.74) is 1.23. The van der Waals surface area contributed by atoms with E-state index >= 15 is 0 Å². The van der Waals surface area contributed by atoms with Gasteiger partial charge in [0, 0.05) is 27.7 Å². The zero-order chi connectivity index (χ0) is 13.1. The fourth-order valence-electron chi connectivity index (χ4n) is 1.43. The summed E-state index contributed by atoms with van der Waals surface area (Å²) < 4.78 is 0. The monoisotopic (exact) mass is 283 g/mol. The Morgan fingerprint density at radius 3 is 2.50 bits per heavy atom. The molecule has 0 spiro atoms. The van der Waals surface area contributed by atoms with Gasteiger partial charge in [-0.15, -0.1) is 0 Å². The lowest BCUT2D eigenvalue weighted by Gasteiger charge is -2.18. The van der Waals surface area contributed by atoms with Gasteiger partial charge in [-0.1, -0.05) is 0 Å². The highest BCUT2D eigenvalue weighted by molar-refractivity contribution is 7.07. The van der Waals surface area contributed by atoms with Gasteiger partial charge in [-0.05, 0) is 34.0 Å². The maximum absolute atomic E-state index is 5.91. The minimum Gasteiger partial charge on any atom is -0.347 e. The van der Waals surface area contributed by atoms with Crippen LogP contribution >= 0.6 is 22.9 Å². The first-order chi connectivity index (χ1) is 8.56. The second kappa shape index (κ2) is 5.49. The van der Waals surface area contributed by atoms with E-state index in [1.807, 2.05) is 26.0 Å². The van der Waals surface area contributed by atoms with Crippen molar-refractivity contribution < 1.29 is 0 Å². The van der Waals surface area contributed by atoms with Crippen molar-refractivity contribution in [2.45, 2.75) is 6.54 Å². The van der Waals surface area contributed by atoms with Crippen molar-refractivity contribution in [3.63, 3.8) is 0 Å². The number of aromatic nitrogens is 3. The Labute approximate surface area is 115 Å². The number of thiophene rings is 1. The summed E-state index contributed by atoms with van der Waals surface area (Å²) in [5.74, 6) is 1.13. The number of halogens is 1. The maximum Gasteiger partial charge on any atom is 0.231 e. The average molecular weight is 284 g/mol. The molecule has 0 aliphatic rings. The molecule has 0 fully saturated rings. The molecule has 0 aromatic carbocycles. The number of nitrogens with zero attached hydrogens (tertiary/aromatic N) is 5. The van der Waals surface area contributed by atoms with Gasteiger partial charge in [-0.25, -0.2) is 0 Å². The van der Waals surface area contributed by atoms with Crippen LogP contribution in [0.4, 0.5) is 11.9 Å². The summed E-state index contributed by atoms with van der Waals surface area (Å²) >= 11 is 7.58. The predicted molar refractivity (Wildman–Crippen MR) is 75.6 cm³/mol. The Morgan fingerprint density at radius 2 is 1.89 bits per heavy atom. The van der Waals surface area contributed by atoms with Crippen molar-refractivity contribution in [2.24, 2.45) is 0 Å². The molecule has 0 bridgehead atoms. The van der Waals surface area contributed by atoms with Gasteiger partial charge in [0.15, 0.2) is 0 Å². The summed E-state index contributed by atoms with van der Waals surface area (Å²) in [4.78, 5) is 16.3. The van der Waals surface area contributed by atoms with Crippen LogP contribution in [-0.4, -0.2) is 36.1 Å². The van der Waals surface area contributed by atoms with E-state index in [1.165, 1.54) is 5.56 Å².